The molecule has 1 rings (SSSR count). The Bertz CT molecular complexity index is 496. The number of nitrogens with one attached hydrogen (secondary N) is 1. The highest BCUT2D eigenvalue weighted by Crippen LogP contribution is 2.23. The molecule has 0 aliphatic carbocycles. The first kappa shape index (κ1) is 15.0. The summed E-state index contributed by atoms with van der Waals surface area (Å²) in [5.41, 5.74) is 3.09. The first-order chi connectivity index (χ1) is 8.99. The number of carbonyl (C=O) groups excluding carboxylic acids is 1. The van der Waals surface area contributed by atoms with Crippen LogP contribution in [0.4, 0.5) is 5.69 Å². The van der Waals surface area contributed by atoms with Gasteiger partial charge in [-0.1, -0.05) is 32.0 Å². The van der Waals surface area contributed by atoms with Crippen LogP contribution in [0.25, 0.3) is 0 Å². The van der Waals surface area contributed by atoms with E-state index in [-0.39, 0.29) is 11.5 Å². The maximum absolute atomic E-state index is 11.9. The number of hydrogen-bond acceptors (Lipinski definition) is 2. The minimum atomic E-state index is -1.12. The molecule has 0 radical (unpaired) electrons. The number of aliphatic carboxylic acids is 1. The van der Waals surface area contributed by atoms with Crippen LogP contribution in [0.2, 0.25) is 0 Å². The SMILES string of the molecule is CCc1cccc(CC)c1NC(=O)/C(C)=C\C(=O)O. The number of hydrogen-bond donors (Lipinski definition) is 2. The molecule has 0 spiro atoms. The number of carboxylic acids is 1. The maximum Gasteiger partial charge on any atom is 0.328 e. The van der Waals surface area contributed by atoms with E-state index in [1.165, 1.54) is 6.92 Å². The predicted octanol–water partition coefficient (Wildman–Crippen LogP) is 2.78. The summed E-state index contributed by atoms with van der Waals surface area (Å²) in [4.78, 5) is 22.5. The van der Waals surface area contributed by atoms with Crippen molar-refractivity contribution in [2.45, 2.75) is 33.6 Å². The molecule has 0 aromatic heterocycles. The summed E-state index contributed by atoms with van der Waals surface area (Å²) in [7, 11) is 0. The van der Waals surface area contributed by atoms with E-state index in [1.54, 1.807) is 0 Å². The minimum absolute atomic E-state index is 0.181. The van der Waals surface area contributed by atoms with Gasteiger partial charge in [0.05, 0.1) is 0 Å². The molecule has 0 saturated carbocycles. The third-order valence-corrected chi connectivity index (χ3v) is 2.94. The number of rotatable bonds is 5. The average molecular weight is 261 g/mol. The number of benzene rings is 1. The summed E-state index contributed by atoms with van der Waals surface area (Å²) >= 11 is 0. The summed E-state index contributed by atoms with van der Waals surface area (Å²) in [5, 5.41) is 11.5. The first-order valence-corrected chi connectivity index (χ1v) is 6.32. The quantitative estimate of drug-likeness (QED) is 0.801. The highest BCUT2D eigenvalue weighted by molar-refractivity contribution is 6.07. The van der Waals surface area contributed by atoms with E-state index in [0.29, 0.717) is 0 Å². The molecule has 0 aliphatic heterocycles. The van der Waals surface area contributed by atoms with Gasteiger partial charge in [-0.05, 0) is 30.9 Å². The minimum Gasteiger partial charge on any atom is -0.478 e. The summed E-state index contributed by atoms with van der Waals surface area (Å²) in [6.07, 6.45) is 2.53. The Hall–Kier alpha value is -2.10. The molecule has 1 amide bonds. The number of amides is 1. The molecule has 4 nitrogen and oxygen atoms in total. The number of para-hydroxylation sites is 1. The van der Waals surface area contributed by atoms with Gasteiger partial charge in [0.25, 0.3) is 5.91 Å². The average Bonchev–Trinajstić information content (AvgIpc) is 2.37. The molecule has 0 aliphatic rings. The van der Waals surface area contributed by atoms with Gasteiger partial charge in [-0.2, -0.15) is 0 Å². The van der Waals surface area contributed by atoms with Crippen molar-refractivity contribution in [3.05, 3.63) is 41.0 Å². The molecular weight excluding hydrogens is 242 g/mol. The van der Waals surface area contributed by atoms with Gasteiger partial charge in [-0.15, -0.1) is 0 Å². The highest BCUT2D eigenvalue weighted by Gasteiger charge is 2.11. The van der Waals surface area contributed by atoms with E-state index in [1.807, 2.05) is 32.0 Å². The number of carboxylic acid groups (broad SMARTS) is 1. The zero-order valence-electron chi connectivity index (χ0n) is 11.5. The standard InChI is InChI=1S/C15H19NO3/c1-4-11-7-6-8-12(5-2)14(11)16-15(19)10(3)9-13(17)18/h6-9H,4-5H2,1-3H3,(H,16,19)(H,17,18)/b10-9-. The third-order valence-electron chi connectivity index (χ3n) is 2.94. The lowest BCUT2D eigenvalue weighted by Crippen LogP contribution is -2.16. The van der Waals surface area contributed by atoms with Crippen molar-refractivity contribution >= 4 is 17.6 Å². The van der Waals surface area contributed by atoms with Crippen LogP contribution in [0.15, 0.2) is 29.8 Å². The molecule has 2 N–H and O–H groups in total. The second-order valence-electron chi connectivity index (χ2n) is 4.28. The normalized spacial score (nSPS) is 11.2. The van der Waals surface area contributed by atoms with Crippen molar-refractivity contribution in [3.8, 4) is 0 Å². The van der Waals surface area contributed by atoms with E-state index in [2.05, 4.69) is 5.32 Å². The van der Waals surface area contributed by atoms with Crippen molar-refractivity contribution in [2.75, 3.05) is 5.32 Å². The molecule has 0 fully saturated rings. The maximum atomic E-state index is 11.9. The molecule has 1 aromatic rings. The Morgan fingerprint density at radius 1 is 1.21 bits per heavy atom. The third kappa shape index (κ3) is 3.95. The van der Waals surface area contributed by atoms with Crippen molar-refractivity contribution in [1.29, 1.82) is 0 Å². The summed E-state index contributed by atoms with van der Waals surface area (Å²) in [5.74, 6) is -1.50. The van der Waals surface area contributed by atoms with Crippen LogP contribution < -0.4 is 5.32 Å². The van der Waals surface area contributed by atoms with E-state index in [9.17, 15) is 9.59 Å². The number of anilines is 1. The Labute approximate surface area is 113 Å². The molecule has 0 unspecified atom stereocenters. The lowest BCUT2D eigenvalue weighted by atomic mass is 10.0. The van der Waals surface area contributed by atoms with Gasteiger partial charge in [0.15, 0.2) is 0 Å². The van der Waals surface area contributed by atoms with Gasteiger partial charge in [-0.3, -0.25) is 4.79 Å². The fourth-order valence-corrected chi connectivity index (χ4v) is 1.87. The monoisotopic (exact) mass is 261 g/mol. The summed E-state index contributed by atoms with van der Waals surface area (Å²) in [6, 6.07) is 5.89. The fourth-order valence-electron chi connectivity index (χ4n) is 1.87. The zero-order valence-corrected chi connectivity index (χ0v) is 11.5. The van der Waals surface area contributed by atoms with Gasteiger partial charge in [0, 0.05) is 17.3 Å². The van der Waals surface area contributed by atoms with Gasteiger partial charge in [0.1, 0.15) is 0 Å². The fraction of sp³-hybridized carbons (Fsp3) is 0.333. The van der Waals surface area contributed by atoms with E-state index >= 15 is 0 Å². The van der Waals surface area contributed by atoms with Crippen molar-refractivity contribution < 1.29 is 14.7 Å². The van der Waals surface area contributed by atoms with E-state index < -0.39 is 5.97 Å². The second kappa shape index (κ2) is 6.73. The first-order valence-electron chi connectivity index (χ1n) is 6.32. The molecular formula is C15H19NO3. The topological polar surface area (TPSA) is 66.4 Å². The smallest absolute Gasteiger partial charge is 0.328 e. The Morgan fingerprint density at radius 3 is 2.16 bits per heavy atom. The highest BCUT2D eigenvalue weighted by atomic mass is 16.4. The van der Waals surface area contributed by atoms with E-state index in [4.69, 9.17) is 5.11 Å². The van der Waals surface area contributed by atoms with Gasteiger partial charge >= 0.3 is 5.97 Å². The molecule has 0 heterocycles. The van der Waals surface area contributed by atoms with Crippen LogP contribution >= 0.6 is 0 Å². The molecule has 0 atom stereocenters. The van der Waals surface area contributed by atoms with Crippen molar-refractivity contribution in [3.63, 3.8) is 0 Å². The predicted molar refractivity (Wildman–Crippen MR) is 75.2 cm³/mol. The molecule has 4 heteroatoms. The van der Waals surface area contributed by atoms with E-state index in [0.717, 1.165) is 35.7 Å². The Balaban J connectivity index is 3.05. The summed E-state index contributed by atoms with van der Waals surface area (Å²) < 4.78 is 0. The van der Waals surface area contributed by atoms with Crippen LogP contribution in [0.1, 0.15) is 31.9 Å². The molecule has 19 heavy (non-hydrogen) atoms. The summed E-state index contributed by atoms with van der Waals surface area (Å²) in [6.45, 7) is 5.53. The molecule has 0 bridgehead atoms. The van der Waals surface area contributed by atoms with Crippen LogP contribution in [0.5, 0.6) is 0 Å². The van der Waals surface area contributed by atoms with Crippen LogP contribution in [-0.2, 0) is 22.4 Å². The van der Waals surface area contributed by atoms with Crippen LogP contribution in [0, 0.1) is 0 Å². The van der Waals surface area contributed by atoms with Crippen molar-refractivity contribution in [1.82, 2.24) is 0 Å². The Kier molecular flexibility index (Phi) is 5.30. The van der Waals surface area contributed by atoms with Crippen molar-refractivity contribution in [2.24, 2.45) is 0 Å². The van der Waals surface area contributed by atoms with Crippen LogP contribution in [-0.4, -0.2) is 17.0 Å². The lowest BCUT2D eigenvalue weighted by Gasteiger charge is -2.14. The molecule has 0 saturated heterocycles. The van der Waals surface area contributed by atoms with Gasteiger partial charge in [-0.25, -0.2) is 4.79 Å². The molecule has 1 aromatic carbocycles. The van der Waals surface area contributed by atoms with Gasteiger partial charge < -0.3 is 10.4 Å². The second-order valence-corrected chi connectivity index (χ2v) is 4.28. The number of aryl methyl sites for hydroxylation is 2. The largest absolute Gasteiger partial charge is 0.478 e. The molecule has 102 valence electrons. The van der Waals surface area contributed by atoms with Gasteiger partial charge in [0.2, 0.25) is 0 Å². The lowest BCUT2D eigenvalue weighted by molar-refractivity contribution is -0.131. The number of carbonyl (C=O) groups is 2. The Morgan fingerprint density at radius 2 is 1.74 bits per heavy atom. The zero-order chi connectivity index (χ0) is 14.4. The van der Waals surface area contributed by atoms with Crippen LogP contribution in [0.3, 0.4) is 0 Å².